The Bertz CT molecular complexity index is 1340. The van der Waals surface area contributed by atoms with Crippen LogP contribution < -0.4 is 0 Å². The zero-order chi connectivity index (χ0) is 23.0. The van der Waals surface area contributed by atoms with Crippen LogP contribution in [0.2, 0.25) is 5.02 Å². The molecule has 11 heteroatoms. The van der Waals surface area contributed by atoms with Gasteiger partial charge in [0, 0.05) is 4.88 Å². The minimum atomic E-state index is -4.61. The van der Waals surface area contributed by atoms with Gasteiger partial charge in [0.1, 0.15) is 17.7 Å². The summed E-state index contributed by atoms with van der Waals surface area (Å²) in [5.41, 5.74) is 1.34. The number of aromatic nitrogens is 6. The van der Waals surface area contributed by atoms with Crippen LogP contribution in [0, 0.1) is 18.3 Å². The molecule has 32 heavy (non-hydrogen) atoms. The van der Waals surface area contributed by atoms with Gasteiger partial charge in [-0.2, -0.15) is 18.3 Å². The maximum Gasteiger partial charge on any atom is 0.436 e. The summed E-state index contributed by atoms with van der Waals surface area (Å²) in [7, 11) is 0. The van der Waals surface area contributed by atoms with E-state index < -0.39 is 16.9 Å². The second kappa shape index (κ2) is 7.15. The number of aryl methyl sites for hydroxylation is 1. The van der Waals surface area contributed by atoms with Crippen LogP contribution >= 0.6 is 22.9 Å². The quantitative estimate of drug-likeness (QED) is 0.367. The molecule has 1 aliphatic carbocycles. The lowest BCUT2D eigenvalue weighted by molar-refractivity contribution is -0.141. The molecule has 0 radical (unpaired) electrons. The average molecular weight is 483 g/mol. The molecule has 0 fully saturated rings. The molecule has 5 rings (SSSR count). The number of nitrogens with zero attached hydrogens (tertiary/aromatic N) is 6. The Labute approximate surface area is 191 Å². The molecule has 0 amide bonds. The average Bonchev–Trinajstić information content (AvgIpc) is 3.35. The third-order valence-electron chi connectivity index (χ3n) is 6.35. The van der Waals surface area contributed by atoms with Gasteiger partial charge in [0.05, 0.1) is 16.1 Å². The maximum atomic E-state index is 13.1. The van der Waals surface area contributed by atoms with Gasteiger partial charge in [-0.15, -0.1) is 16.4 Å². The Hall–Kier alpha value is -2.20. The van der Waals surface area contributed by atoms with Crippen LogP contribution in [0.3, 0.4) is 0 Å². The SMILES string of the molecule is Cc1c(Cl)c(C(F)(F)F)nn1Cc1nc2c3c4c(sc3ncn2n1)CC(C(C)(C)C)CC4. The molecule has 4 heterocycles. The van der Waals surface area contributed by atoms with Crippen LogP contribution in [-0.4, -0.2) is 29.4 Å². The highest BCUT2D eigenvalue weighted by Crippen LogP contribution is 2.43. The number of hydrogen-bond donors (Lipinski definition) is 0. The Morgan fingerprint density at radius 3 is 2.62 bits per heavy atom. The van der Waals surface area contributed by atoms with Crippen molar-refractivity contribution < 1.29 is 13.2 Å². The van der Waals surface area contributed by atoms with E-state index in [1.807, 2.05) is 0 Å². The monoisotopic (exact) mass is 482 g/mol. The fraction of sp³-hybridized carbons (Fsp3) is 0.524. The topological polar surface area (TPSA) is 60.9 Å². The molecule has 0 bridgehead atoms. The summed E-state index contributed by atoms with van der Waals surface area (Å²) in [6.45, 7) is 8.34. The van der Waals surface area contributed by atoms with Gasteiger partial charge in [0.15, 0.2) is 17.2 Å². The minimum absolute atomic E-state index is 0.0107. The van der Waals surface area contributed by atoms with Gasteiger partial charge in [-0.25, -0.2) is 14.5 Å². The Morgan fingerprint density at radius 1 is 1.22 bits per heavy atom. The summed E-state index contributed by atoms with van der Waals surface area (Å²) in [6.07, 6.45) is 0.0923. The first kappa shape index (κ1) is 21.6. The van der Waals surface area contributed by atoms with Crippen molar-refractivity contribution >= 4 is 38.8 Å². The van der Waals surface area contributed by atoms with E-state index in [1.54, 1.807) is 22.2 Å². The lowest BCUT2D eigenvalue weighted by atomic mass is 9.72. The summed E-state index contributed by atoms with van der Waals surface area (Å²) in [6, 6.07) is 0. The molecule has 0 N–H and O–H groups in total. The summed E-state index contributed by atoms with van der Waals surface area (Å²) in [5.74, 6) is 0.974. The third-order valence-corrected chi connectivity index (χ3v) is 7.96. The van der Waals surface area contributed by atoms with Crippen LogP contribution in [0.5, 0.6) is 0 Å². The van der Waals surface area contributed by atoms with Gasteiger partial charge in [-0.1, -0.05) is 32.4 Å². The molecule has 4 aromatic heterocycles. The van der Waals surface area contributed by atoms with Crippen LogP contribution in [0.15, 0.2) is 6.33 Å². The first-order chi connectivity index (χ1) is 14.9. The van der Waals surface area contributed by atoms with E-state index in [9.17, 15) is 13.2 Å². The predicted molar refractivity (Wildman–Crippen MR) is 117 cm³/mol. The zero-order valence-electron chi connectivity index (χ0n) is 18.1. The first-order valence-electron chi connectivity index (χ1n) is 10.4. The van der Waals surface area contributed by atoms with Crippen molar-refractivity contribution in [1.29, 1.82) is 0 Å². The van der Waals surface area contributed by atoms with E-state index >= 15 is 0 Å². The summed E-state index contributed by atoms with van der Waals surface area (Å²) < 4.78 is 42.2. The van der Waals surface area contributed by atoms with Crippen molar-refractivity contribution in [1.82, 2.24) is 29.4 Å². The van der Waals surface area contributed by atoms with E-state index in [0.29, 0.717) is 17.4 Å². The lowest BCUT2D eigenvalue weighted by Gasteiger charge is -2.33. The molecule has 6 nitrogen and oxygen atoms in total. The van der Waals surface area contributed by atoms with Gasteiger partial charge in [0.2, 0.25) is 0 Å². The predicted octanol–water partition coefficient (Wildman–Crippen LogP) is 5.72. The van der Waals surface area contributed by atoms with Gasteiger partial charge < -0.3 is 0 Å². The van der Waals surface area contributed by atoms with E-state index in [-0.39, 0.29) is 17.7 Å². The van der Waals surface area contributed by atoms with Gasteiger partial charge in [-0.3, -0.25) is 4.68 Å². The minimum Gasteiger partial charge on any atom is -0.260 e. The number of fused-ring (bicyclic) bond motifs is 5. The van der Waals surface area contributed by atoms with Gasteiger partial charge in [0.25, 0.3) is 0 Å². The molecule has 1 unspecified atom stereocenters. The molecule has 1 atom stereocenters. The number of thiophene rings is 1. The van der Waals surface area contributed by atoms with E-state index in [2.05, 4.69) is 40.9 Å². The summed E-state index contributed by atoms with van der Waals surface area (Å²) >= 11 is 7.58. The number of rotatable bonds is 2. The molecular formula is C21H22ClF3N6S. The molecule has 170 valence electrons. The van der Waals surface area contributed by atoms with Crippen molar-refractivity contribution in [2.45, 2.75) is 59.7 Å². The highest BCUT2D eigenvalue weighted by molar-refractivity contribution is 7.19. The molecule has 0 saturated carbocycles. The van der Waals surface area contributed by atoms with Crippen molar-refractivity contribution in [2.75, 3.05) is 0 Å². The van der Waals surface area contributed by atoms with Crippen LogP contribution in [0.4, 0.5) is 13.2 Å². The summed E-state index contributed by atoms with van der Waals surface area (Å²) in [4.78, 5) is 11.5. The van der Waals surface area contributed by atoms with Crippen molar-refractivity contribution in [2.24, 2.45) is 11.3 Å². The number of alkyl halides is 3. The standard InChI is InChI=1S/C21H22ClF3N6S/c1-10-16(22)17(21(23,24)25)29-30(10)8-14-27-18-15-12-6-5-11(20(2,3)4)7-13(12)32-19(15)26-9-31(18)28-14/h9,11H,5-8H2,1-4H3. The number of halogens is 4. The smallest absolute Gasteiger partial charge is 0.260 e. The molecule has 4 aromatic rings. The van der Waals surface area contributed by atoms with Crippen LogP contribution in [0.25, 0.3) is 15.9 Å². The van der Waals surface area contributed by atoms with Crippen molar-refractivity contribution in [3.8, 4) is 0 Å². The molecule has 0 aromatic carbocycles. The molecule has 0 spiro atoms. The van der Waals surface area contributed by atoms with Gasteiger partial charge >= 0.3 is 6.18 Å². The molecule has 1 aliphatic rings. The van der Waals surface area contributed by atoms with E-state index in [1.165, 1.54) is 22.0 Å². The Balaban J connectivity index is 1.54. The fourth-order valence-corrected chi connectivity index (χ4v) is 5.92. The number of hydrogen-bond acceptors (Lipinski definition) is 5. The highest BCUT2D eigenvalue weighted by Gasteiger charge is 2.38. The molecule has 0 aliphatic heterocycles. The van der Waals surface area contributed by atoms with Gasteiger partial charge in [-0.05, 0) is 43.1 Å². The lowest BCUT2D eigenvalue weighted by Crippen LogP contribution is -2.26. The summed E-state index contributed by atoms with van der Waals surface area (Å²) in [5, 5.41) is 8.71. The highest BCUT2D eigenvalue weighted by atomic mass is 35.5. The Morgan fingerprint density at radius 2 is 1.97 bits per heavy atom. The largest absolute Gasteiger partial charge is 0.436 e. The molecule has 0 saturated heterocycles. The van der Waals surface area contributed by atoms with Crippen molar-refractivity contribution in [3.63, 3.8) is 0 Å². The first-order valence-corrected chi connectivity index (χ1v) is 11.6. The second-order valence-corrected chi connectivity index (χ2v) is 10.9. The Kier molecular flexibility index (Phi) is 4.83. The normalized spacial score (nSPS) is 17.4. The van der Waals surface area contributed by atoms with Crippen LogP contribution in [0.1, 0.15) is 54.8 Å². The van der Waals surface area contributed by atoms with Crippen molar-refractivity contribution in [3.05, 3.63) is 39.0 Å². The molecular weight excluding hydrogens is 461 g/mol. The van der Waals surface area contributed by atoms with E-state index in [4.69, 9.17) is 11.6 Å². The zero-order valence-corrected chi connectivity index (χ0v) is 19.7. The third kappa shape index (κ3) is 3.48. The maximum absolute atomic E-state index is 13.1. The van der Waals surface area contributed by atoms with E-state index in [0.717, 1.165) is 29.5 Å². The fourth-order valence-electron chi connectivity index (χ4n) is 4.42. The van der Waals surface area contributed by atoms with Crippen LogP contribution in [-0.2, 0) is 25.6 Å². The second-order valence-electron chi connectivity index (χ2n) is 9.43.